The summed E-state index contributed by atoms with van der Waals surface area (Å²) in [7, 11) is 0. The van der Waals surface area contributed by atoms with Crippen molar-refractivity contribution in [2.24, 2.45) is 5.92 Å². The smallest absolute Gasteiger partial charge is 0.227 e. The van der Waals surface area contributed by atoms with E-state index < -0.39 is 0 Å². The Balaban J connectivity index is 1.39. The normalized spacial score (nSPS) is 21.6. The van der Waals surface area contributed by atoms with Gasteiger partial charge in [-0.2, -0.15) is 0 Å². The Kier molecular flexibility index (Phi) is 4.34. The van der Waals surface area contributed by atoms with Gasteiger partial charge in [0.1, 0.15) is 23.9 Å². The van der Waals surface area contributed by atoms with Crippen LogP contribution in [-0.2, 0) is 24.2 Å². The summed E-state index contributed by atoms with van der Waals surface area (Å²) in [5.41, 5.74) is 1.04. The van der Waals surface area contributed by atoms with Crippen LogP contribution in [0.3, 0.4) is 0 Å². The lowest BCUT2D eigenvalue weighted by Gasteiger charge is -2.29. The molecule has 2 aliphatic rings. The van der Waals surface area contributed by atoms with Crippen molar-refractivity contribution in [3.63, 3.8) is 0 Å². The van der Waals surface area contributed by atoms with Crippen LogP contribution in [0.15, 0.2) is 30.6 Å². The third kappa shape index (κ3) is 3.34. The molecule has 2 aromatic rings. The molecule has 3 heterocycles. The lowest BCUT2D eigenvalue weighted by Crippen LogP contribution is -2.46. The van der Waals surface area contributed by atoms with E-state index in [1.807, 2.05) is 37.5 Å². The molecule has 0 aliphatic carbocycles. The maximum atomic E-state index is 12.7. The Bertz CT molecular complexity index is 771. The topological polar surface area (TPSA) is 65.4 Å². The monoisotopic (exact) mass is 341 g/mol. The number of nitrogens with zero attached hydrogens (tertiary/aromatic N) is 2. The summed E-state index contributed by atoms with van der Waals surface area (Å²) in [6.07, 6.45) is 6.32. The van der Waals surface area contributed by atoms with Crippen LogP contribution in [0.25, 0.3) is 0 Å². The van der Waals surface area contributed by atoms with Crippen molar-refractivity contribution in [2.75, 3.05) is 13.2 Å². The highest BCUT2D eigenvalue weighted by Crippen LogP contribution is 2.31. The highest BCUT2D eigenvalue weighted by Gasteiger charge is 2.29. The highest BCUT2D eigenvalue weighted by molar-refractivity contribution is 5.80. The van der Waals surface area contributed by atoms with E-state index >= 15 is 0 Å². The SMILES string of the molecule is CCOc1ccc2c(c1)C[C@@H](C(=O)N[C@@H]1CCc3nccn3C1)CO2. The first-order valence-corrected chi connectivity index (χ1v) is 8.92. The number of benzene rings is 1. The van der Waals surface area contributed by atoms with E-state index in [-0.39, 0.29) is 17.9 Å². The predicted molar refractivity (Wildman–Crippen MR) is 92.8 cm³/mol. The summed E-state index contributed by atoms with van der Waals surface area (Å²) < 4.78 is 13.5. The van der Waals surface area contributed by atoms with Gasteiger partial charge >= 0.3 is 0 Å². The van der Waals surface area contributed by atoms with Crippen molar-refractivity contribution in [1.29, 1.82) is 0 Å². The Morgan fingerprint density at radius 1 is 1.48 bits per heavy atom. The molecule has 1 N–H and O–H groups in total. The quantitative estimate of drug-likeness (QED) is 0.923. The van der Waals surface area contributed by atoms with Crippen molar-refractivity contribution in [3.8, 4) is 11.5 Å². The molecule has 4 rings (SSSR count). The Labute approximate surface area is 147 Å². The lowest BCUT2D eigenvalue weighted by atomic mass is 9.95. The Morgan fingerprint density at radius 2 is 2.40 bits per heavy atom. The molecule has 6 nitrogen and oxygen atoms in total. The summed E-state index contributed by atoms with van der Waals surface area (Å²) in [6.45, 7) is 3.80. The van der Waals surface area contributed by atoms with E-state index in [1.54, 1.807) is 0 Å². The van der Waals surface area contributed by atoms with Crippen LogP contribution in [0.1, 0.15) is 24.7 Å². The summed E-state index contributed by atoms with van der Waals surface area (Å²) >= 11 is 0. The zero-order valence-corrected chi connectivity index (χ0v) is 14.4. The minimum atomic E-state index is -0.159. The molecule has 25 heavy (non-hydrogen) atoms. The number of ether oxygens (including phenoxy) is 2. The molecule has 0 fully saturated rings. The molecule has 1 aromatic carbocycles. The van der Waals surface area contributed by atoms with Gasteiger partial charge in [-0.3, -0.25) is 4.79 Å². The van der Waals surface area contributed by atoms with Crippen molar-refractivity contribution in [2.45, 2.75) is 38.8 Å². The molecule has 0 spiro atoms. The first kappa shape index (κ1) is 16.0. The maximum absolute atomic E-state index is 12.7. The molecule has 6 heteroatoms. The van der Waals surface area contributed by atoms with E-state index in [4.69, 9.17) is 9.47 Å². The minimum Gasteiger partial charge on any atom is -0.494 e. The molecule has 0 bridgehead atoms. The first-order chi connectivity index (χ1) is 12.2. The predicted octanol–water partition coefficient (Wildman–Crippen LogP) is 1.96. The summed E-state index contributed by atoms with van der Waals surface area (Å²) in [5, 5.41) is 3.19. The molecule has 0 saturated carbocycles. The van der Waals surface area contributed by atoms with Crippen LogP contribution in [0.5, 0.6) is 11.5 Å². The van der Waals surface area contributed by atoms with E-state index in [2.05, 4.69) is 14.9 Å². The van der Waals surface area contributed by atoms with E-state index in [0.717, 1.165) is 42.3 Å². The second kappa shape index (κ2) is 6.78. The fraction of sp³-hybridized carbons (Fsp3) is 0.474. The summed E-state index contributed by atoms with van der Waals surface area (Å²) in [4.78, 5) is 17.0. The van der Waals surface area contributed by atoms with E-state index in [1.165, 1.54) is 0 Å². The lowest BCUT2D eigenvalue weighted by molar-refractivity contribution is -0.127. The molecule has 1 amide bonds. The molecule has 132 valence electrons. The number of rotatable bonds is 4. The number of aryl methyl sites for hydroxylation is 1. The zero-order chi connectivity index (χ0) is 17.2. The van der Waals surface area contributed by atoms with E-state index in [9.17, 15) is 4.79 Å². The van der Waals surface area contributed by atoms with Gasteiger partial charge in [-0.15, -0.1) is 0 Å². The Hall–Kier alpha value is -2.50. The van der Waals surface area contributed by atoms with Crippen molar-refractivity contribution in [1.82, 2.24) is 14.9 Å². The number of aromatic nitrogens is 2. The van der Waals surface area contributed by atoms with Gasteiger partial charge in [-0.25, -0.2) is 4.98 Å². The van der Waals surface area contributed by atoms with Gasteiger partial charge in [0.05, 0.1) is 12.5 Å². The Morgan fingerprint density at radius 3 is 3.28 bits per heavy atom. The van der Waals surface area contributed by atoms with Crippen LogP contribution < -0.4 is 14.8 Å². The van der Waals surface area contributed by atoms with Crippen LogP contribution in [0.4, 0.5) is 0 Å². The van der Waals surface area contributed by atoms with Gasteiger partial charge in [0, 0.05) is 31.4 Å². The van der Waals surface area contributed by atoms with Crippen LogP contribution in [0.2, 0.25) is 0 Å². The number of hydrogen-bond acceptors (Lipinski definition) is 4. The molecule has 0 radical (unpaired) electrons. The van der Waals surface area contributed by atoms with Gasteiger partial charge in [0.25, 0.3) is 0 Å². The largest absolute Gasteiger partial charge is 0.494 e. The first-order valence-electron chi connectivity index (χ1n) is 8.92. The molecular weight excluding hydrogens is 318 g/mol. The number of imidazole rings is 1. The zero-order valence-electron chi connectivity index (χ0n) is 14.4. The van der Waals surface area contributed by atoms with Crippen molar-refractivity contribution >= 4 is 5.91 Å². The molecule has 2 atom stereocenters. The van der Waals surface area contributed by atoms with Gasteiger partial charge in [-0.05, 0) is 43.5 Å². The standard InChI is InChI=1S/C19H23N3O3/c1-2-24-16-4-5-17-13(10-16)9-14(12-25-17)19(23)21-15-3-6-18-20-7-8-22(18)11-15/h4-5,7-8,10,14-15H,2-3,6,9,11-12H2,1H3,(H,21,23)/t14-,15-/m1/s1. The van der Waals surface area contributed by atoms with Crippen LogP contribution in [0, 0.1) is 5.92 Å². The van der Waals surface area contributed by atoms with Crippen molar-refractivity contribution in [3.05, 3.63) is 42.0 Å². The average Bonchev–Trinajstić information content (AvgIpc) is 3.09. The number of amides is 1. The second-order valence-electron chi connectivity index (χ2n) is 6.65. The van der Waals surface area contributed by atoms with Gasteiger partial charge < -0.3 is 19.4 Å². The number of hydrogen-bond donors (Lipinski definition) is 1. The number of carbonyl (C=O) groups excluding carboxylic acids is 1. The number of fused-ring (bicyclic) bond motifs is 2. The van der Waals surface area contributed by atoms with Gasteiger partial charge in [0.15, 0.2) is 0 Å². The number of carbonyl (C=O) groups is 1. The van der Waals surface area contributed by atoms with Gasteiger partial charge in [-0.1, -0.05) is 0 Å². The second-order valence-corrected chi connectivity index (χ2v) is 6.65. The minimum absolute atomic E-state index is 0.0704. The maximum Gasteiger partial charge on any atom is 0.227 e. The third-order valence-corrected chi connectivity index (χ3v) is 4.90. The molecule has 1 aromatic heterocycles. The summed E-state index contributed by atoms with van der Waals surface area (Å²) in [5.74, 6) is 2.69. The summed E-state index contributed by atoms with van der Waals surface area (Å²) in [6, 6.07) is 5.98. The van der Waals surface area contributed by atoms with Crippen molar-refractivity contribution < 1.29 is 14.3 Å². The average molecular weight is 341 g/mol. The fourth-order valence-corrected chi connectivity index (χ4v) is 3.60. The molecular formula is C19H23N3O3. The third-order valence-electron chi connectivity index (χ3n) is 4.90. The molecule has 0 unspecified atom stereocenters. The molecule has 2 aliphatic heterocycles. The van der Waals surface area contributed by atoms with Crippen LogP contribution >= 0.6 is 0 Å². The fourth-order valence-electron chi connectivity index (χ4n) is 3.60. The van der Waals surface area contributed by atoms with E-state index in [0.29, 0.717) is 19.6 Å². The van der Waals surface area contributed by atoms with Crippen LogP contribution in [-0.4, -0.2) is 34.7 Å². The van der Waals surface area contributed by atoms with Gasteiger partial charge in [0.2, 0.25) is 5.91 Å². The number of nitrogens with one attached hydrogen (secondary N) is 1. The highest BCUT2D eigenvalue weighted by atomic mass is 16.5. The molecule has 0 saturated heterocycles.